The van der Waals surface area contributed by atoms with Crippen molar-refractivity contribution in [2.75, 3.05) is 24.1 Å². The van der Waals surface area contributed by atoms with Crippen molar-refractivity contribution in [3.63, 3.8) is 0 Å². The summed E-state index contributed by atoms with van der Waals surface area (Å²) >= 11 is 0. The summed E-state index contributed by atoms with van der Waals surface area (Å²) in [6.07, 6.45) is -0.429. The van der Waals surface area contributed by atoms with Crippen LogP contribution in [0.1, 0.15) is 20.8 Å². The van der Waals surface area contributed by atoms with E-state index in [9.17, 15) is 4.79 Å². The van der Waals surface area contributed by atoms with Crippen LogP contribution < -0.4 is 16.4 Å². The van der Waals surface area contributed by atoms with E-state index in [1.807, 2.05) is 32.9 Å². The molecular formula is C14H21N5O2. The Hall–Kier alpha value is -2.44. The van der Waals surface area contributed by atoms with Gasteiger partial charge in [-0.3, -0.25) is 0 Å². The SMILES string of the molecule is CC(C)(C)OC(=O)NCCNc1nc2ccc(N)cc2[nH]1. The van der Waals surface area contributed by atoms with Crippen molar-refractivity contribution in [3.05, 3.63) is 18.2 Å². The lowest BCUT2D eigenvalue weighted by Crippen LogP contribution is -2.35. The Balaban J connectivity index is 1.79. The van der Waals surface area contributed by atoms with Crippen LogP contribution in [0.4, 0.5) is 16.4 Å². The number of ether oxygens (including phenoxy) is 1. The third-order valence-electron chi connectivity index (χ3n) is 2.59. The number of alkyl carbamates (subject to hydrolysis) is 1. The van der Waals surface area contributed by atoms with Crippen molar-refractivity contribution >= 4 is 28.8 Å². The lowest BCUT2D eigenvalue weighted by molar-refractivity contribution is 0.0530. The summed E-state index contributed by atoms with van der Waals surface area (Å²) in [5.74, 6) is 0.640. The van der Waals surface area contributed by atoms with Gasteiger partial charge in [-0.2, -0.15) is 0 Å². The molecule has 1 heterocycles. The van der Waals surface area contributed by atoms with Gasteiger partial charge >= 0.3 is 6.09 Å². The first-order valence-corrected chi connectivity index (χ1v) is 6.79. The van der Waals surface area contributed by atoms with Crippen LogP contribution in [0.3, 0.4) is 0 Å². The monoisotopic (exact) mass is 291 g/mol. The fourth-order valence-electron chi connectivity index (χ4n) is 1.77. The summed E-state index contributed by atoms with van der Waals surface area (Å²) in [6.45, 7) is 6.45. The van der Waals surface area contributed by atoms with Crippen LogP contribution in [0.15, 0.2) is 18.2 Å². The second-order valence-electron chi connectivity index (χ2n) is 5.72. The molecule has 1 aromatic heterocycles. The number of nitrogens with zero attached hydrogens (tertiary/aromatic N) is 1. The Bertz CT molecular complexity index is 630. The van der Waals surface area contributed by atoms with Gasteiger partial charge in [0.15, 0.2) is 0 Å². The smallest absolute Gasteiger partial charge is 0.407 e. The van der Waals surface area contributed by atoms with Gasteiger partial charge in [0.2, 0.25) is 5.95 Å². The van der Waals surface area contributed by atoms with Gasteiger partial charge in [0.1, 0.15) is 5.60 Å². The number of nitrogens with one attached hydrogen (secondary N) is 3. The van der Waals surface area contributed by atoms with E-state index in [1.165, 1.54) is 0 Å². The molecule has 2 rings (SSSR count). The summed E-state index contributed by atoms with van der Waals surface area (Å²) in [7, 11) is 0. The zero-order valence-corrected chi connectivity index (χ0v) is 12.5. The van der Waals surface area contributed by atoms with Crippen molar-refractivity contribution in [2.24, 2.45) is 0 Å². The number of rotatable bonds is 4. The third-order valence-corrected chi connectivity index (χ3v) is 2.59. The minimum Gasteiger partial charge on any atom is -0.444 e. The fraction of sp³-hybridized carbons (Fsp3) is 0.429. The molecule has 0 fully saturated rings. The van der Waals surface area contributed by atoms with E-state index in [4.69, 9.17) is 10.5 Å². The van der Waals surface area contributed by atoms with E-state index in [0.29, 0.717) is 24.7 Å². The molecule has 0 unspecified atom stereocenters. The minimum absolute atomic E-state index is 0.429. The number of H-pyrrole nitrogens is 1. The highest BCUT2D eigenvalue weighted by Crippen LogP contribution is 2.16. The lowest BCUT2D eigenvalue weighted by atomic mass is 10.2. The molecule has 1 aromatic carbocycles. The lowest BCUT2D eigenvalue weighted by Gasteiger charge is -2.19. The number of carbonyl (C=O) groups is 1. The molecule has 5 N–H and O–H groups in total. The van der Waals surface area contributed by atoms with Crippen molar-refractivity contribution in [1.29, 1.82) is 0 Å². The van der Waals surface area contributed by atoms with Crippen molar-refractivity contribution in [2.45, 2.75) is 26.4 Å². The third kappa shape index (κ3) is 4.55. The number of hydrogen-bond donors (Lipinski definition) is 4. The van der Waals surface area contributed by atoms with Crippen LogP contribution in [0, 0.1) is 0 Å². The van der Waals surface area contributed by atoms with E-state index in [1.54, 1.807) is 6.07 Å². The van der Waals surface area contributed by atoms with Gasteiger partial charge in [0, 0.05) is 18.8 Å². The van der Waals surface area contributed by atoms with Crippen LogP contribution in [0.25, 0.3) is 11.0 Å². The predicted molar refractivity (Wildman–Crippen MR) is 83.2 cm³/mol. The van der Waals surface area contributed by atoms with Crippen LogP contribution in [0.5, 0.6) is 0 Å². The molecule has 21 heavy (non-hydrogen) atoms. The van der Waals surface area contributed by atoms with Crippen LogP contribution >= 0.6 is 0 Å². The molecule has 0 saturated carbocycles. The number of benzene rings is 1. The molecule has 0 aliphatic carbocycles. The Kier molecular flexibility index (Phi) is 4.21. The summed E-state index contributed by atoms with van der Waals surface area (Å²) in [5.41, 5.74) is 7.62. The Labute approximate surface area is 123 Å². The standard InChI is InChI=1S/C14H21N5O2/c1-14(2,3)21-13(20)17-7-6-16-12-18-10-5-4-9(15)8-11(10)19-12/h4-5,8H,6-7,15H2,1-3H3,(H,17,20)(H2,16,18,19). The summed E-state index contributed by atoms with van der Waals surface area (Å²) in [5, 5.41) is 5.76. The molecule has 1 amide bonds. The molecule has 7 heteroatoms. The summed E-state index contributed by atoms with van der Waals surface area (Å²) in [4.78, 5) is 18.9. The molecule has 0 bridgehead atoms. The van der Waals surface area contributed by atoms with Crippen LogP contribution in [0.2, 0.25) is 0 Å². The molecule has 0 aliphatic rings. The fourth-order valence-corrected chi connectivity index (χ4v) is 1.77. The maximum Gasteiger partial charge on any atom is 0.407 e. The first-order valence-electron chi connectivity index (χ1n) is 6.79. The molecule has 2 aromatic rings. The largest absolute Gasteiger partial charge is 0.444 e. The zero-order valence-electron chi connectivity index (χ0n) is 12.5. The predicted octanol–water partition coefficient (Wildman–Crippen LogP) is 2.08. The van der Waals surface area contributed by atoms with Gasteiger partial charge in [0.05, 0.1) is 11.0 Å². The first kappa shape index (κ1) is 15.0. The average Bonchev–Trinajstić information content (AvgIpc) is 2.74. The van der Waals surface area contributed by atoms with Gasteiger partial charge in [-0.05, 0) is 39.0 Å². The van der Waals surface area contributed by atoms with Gasteiger partial charge < -0.3 is 26.1 Å². The number of nitrogens with two attached hydrogens (primary N) is 1. The highest BCUT2D eigenvalue weighted by molar-refractivity contribution is 5.80. The molecule has 7 nitrogen and oxygen atoms in total. The maximum atomic E-state index is 11.4. The highest BCUT2D eigenvalue weighted by Gasteiger charge is 2.15. The number of fused-ring (bicyclic) bond motifs is 1. The molecule has 0 spiro atoms. The van der Waals surface area contributed by atoms with Crippen molar-refractivity contribution < 1.29 is 9.53 Å². The maximum absolute atomic E-state index is 11.4. The zero-order chi connectivity index (χ0) is 15.5. The van der Waals surface area contributed by atoms with Gasteiger partial charge in [0.25, 0.3) is 0 Å². The quantitative estimate of drug-likeness (QED) is 0.510. The molecular weight excluding hydrogens is 270 g/mol. The van der Waals surface area contributed by atoms with Gasteiger partial charge in [-0.1, -0.05) is 0 Å². The number of hydrogen-bond acceptors (Lipinski definition) is 5. The van der Waals surface area contributed by atoms with Gasteiger partial charge in [-0.15, -0.1) is 0 Å². The van der Waals surface area contributed by atoms with Crippen molar-refractivity contribution in [3.8, 4) is 0 Å². The first-order chi connectivity index (χ1) is 9.83. The van der Waals surface area contributed by atoms with E-state index in [-0.39, 0.29) is 0 Å². The summed E-state index contributed by atoms with van der Waals surface area (Å²) in [6, 6.07) is 5.48. The van der Waals surface area contributed by atoms with E-state index >= 15 is 0 Å². The molecule has 0 aliphatic heterocycles. The number of imidazole rings is 1. The average molecular weight is 291 g/mol. The number of carbonyl (C=O) groups excluding carboxylic acids is 1. The number of nitrogen functional groups attached to an aromatic ring is 1. The highest BCUT2D eigenvalue weighted by atomic mass is 16.6. The second kappa shape index (κ2) is 5.90. The Morgan fingerprint density at radius 3 is 2.86 bits per heavy atom. The van der Waals surface area contributed by atoms with E-state index < -0.39 is 11.7 Å². The Morgan fingerprint density at radius 1 is 1.38 bits per heavy atom. The Morgan fingerprint density at radius 2 is 2.14 bits per heavy atom. The summed E-state index contributed by atoms with van der Waals surface area (Å²) < 4.78 is 5.14. The van der Waals surface area contributed by atoms with Crippen LogP contribution in [-0.4, -0.2) is 34.8 Å². The second-order valence-corrected chi connectivity index (χ2v) is 5.72. The van der Waals surface area contributed by atoms with E-state index in [0.717, 1.165) is 11.0 Å². The van der Waals surface area contributed by atoms with Crippen molar-refractivity contribution in [1.82, 2.24) is 15.3 Å². The molecule has 0 saturated heterocycles. The number of aromatic nitrogens is 2. The number of aromatic amines is 1. The van der Waals surface area contributed by atoms with Gasteiger partial charge in [-0.25, -0.2) is 9.78 Å². The van der Waals surface area contributed by atoms with E-state index in [2.05, 4.69) is 20.6 Å². The van der Waals surface area contributed by atoms with Crippen LogP contribution in [-0.2, 0) is 4.74 Å². The minimum atomic E-state index is -0.490. The molecule has 0 radical (unpaired) electrons. The molecule has 114 valence electrons. The molecule has 0 atom stereocenters. The normalized spacial score (nSPS) is 11.4. The topological polar surface area (TPSA) is 105 Å². The number of anilines is 2. The number of amides is 1.